The number of primary amides is 1. The lowest BCUT2D eigenvalue weighted by atomic mass is 10.1. The fourth-order valence-corrected chi connectivity index (χ4v) is 0.787. The molecule has 0 aromatic heterocycles. The van der Waals surface area contributed by atoms with Crippen LogP contribution in [0.15, 0.2) is 0 Å². The minimum absolute atomic E-state index is 1.07. The van der Waals surface area contributed by atoms with Crippen LogP contribution in [-0.4, -0.2) is 34.7 Å². The molecule has 0 radical (unpaired) electrons. The monoisotopic (exact) mass is 217 g/mol. The van der Waals surface area contributed by atoms with Crippen LogP contribution in [0.2, 0.25) is 0 Å². The van der Waals surface area contributed by atoms with Gasteiger partial charge >= 0.3 is 12.1 Å². The summed E-state index contributed by atoms with van der Waals surface area (Å²) in [7, 11) is 0. The molecular formula is C5H7N5O5. The Kier molecular flexibility index (Phi) is 2.55. The van der Waals surface area contributed by atoms with E-state index in [1.165, 1.54) is 0 Å². The van der Waals surface area contributed by atoms with Crippen molar-refractivity contribution in [1.82, 2.24) is 21.5 Å². The van der Waals surface area contributed by atoms with Gasteiger partial charge in [-0.2, -0.15) is 5.43 Å². The van der Waals surface area contributed by atoms with Crippen LogP contribution < -0.4 is 27.2 Å². The summed E-state index contributed by atoms with van der Waals surface area (Å²) >= 11 is 0. The number of nitrogens with one attached hydrogen (secondary N) is 4. The van der Waals surface area contributed by atoms with Crippen molar-refractivity contribution in [2.24, 2.45) is 5.73 Å². The fraction of sp³-hybridized carbons (Fsp3) is 0.200. The number of imide groups is 2. The Labute approximate surface area is 82.1 Å². The first-order valence-electron chi connectivity index (χ1n) is 3.58. The van der Waals surface area contributed by atoms with Crippen molar-refractivity contribution in [2.75, 3.05) is 0 Å². The van der Waals surface area contributed by atoms with Gasteiger partial charge < -0.3 is 10.8 Å². The van der Waals surface area contributed by atoms with Crippen molar-refractivity contribution in [1.29, 1.82) is 0 Å². The summed E-state index contributed by atoms with van der Waals surface area (Å²) in [6.07, 6.45) is 0. The summed E-state index contributed by atoms with van der Waals surface area (Å²) in [6, 6.07) is -2.20. The summed E-state index contributed by atoms with van der Waals surface area (Å²) in [5.74, 6) is -2.66. The number of nitrogens with two attached hydrogens (primary N) is 1. The van der Waals surface area contributed by atoms with Crippen molar-refractivity contribution in [3.8, 4) is 0 Å². The summed E-state index contributed by atoms with van der Waals surface area (Å²) in [4.78, 5) is 43.0. The van der Waals surface area contributed by atoms with E-state index in [2.05, 4.69) is 5.73 Å². The van der Waals surface area contributed by atoms with E-state index in [9.17, 15) is 24.3 Å². The SMILES string of the molecule is NC(=O)NNC1(O)C(=O)NC(=O)NC1=O. The Morgan fingerprint density at radius 2 is 1.73 bits per heavy atom. The first kappa shape index (κ1) is 10.9. The molecule has 6 amide bonds. The highest BCUT2D eigenvalue weighted by Gasteiger charge is 2.49. The normalized spacial score (nSPS) is 19.1. The molecule has 0 aromatic carbocycles. The number of aliphatic hydroxyl groups is 1. The highest BCUT2D eigenvalue weighted by Crippen LogP contribution is 2.03. The smallest absolute Gasteiger partial charge is 0.328 e. The molecule has 0 saturated carbocycles. The first-order valence-corrected chi connectivity index (χ1v) is 3.58. The van der Waals surface area contributed by atoms with E-state index < -0.39 is 29.6 Å². The van der Waals surface area contributed by atoms with Crippen LogP contribution in [0.3, 0.4) is 0 Å². The third-order valence-corrected chi connectivity index (χ3v) is 1.48. The van der Waals surface area contributed by atoms with Crippen molar-refractivity contribution < 1.29 is 24.3 Å². The lowest BCUT2D eigenvalue weighted by Gasteiger charge is -2.29. The van der Waals surface area contributed by atoms with Gasteiger partial charge in [0.05, 0.1) is 0 Å². The zero-order chi connectivity index (χ0) is 11.6. The molecule has 1 saturated heterocycles. The quantitative estimate of drug-likeness (QED) is 0.158. The topological polar surface area (TPSA) is 163 Å². The molecule has 1 rings (SSSR count). The molecule has 0 unspecified atom stereocenters. The third-order valence-electron chi connectivity index (χ3n) is 1.48. The highest BCUT2D eigenvalue weighted by atomic mass is 16.3. The molecule has 10 nitrogen and oxygen atoms in total. The molecule has 1 fully saturated rings. The van der Waals surface area contributed by atoms with E-state index in [-0.39, 0.29) is 0 Å². The Morgan fingerprint density at radius 1 is 1.27 bits per heavy atom. The lowest BCUT2D eigenvalue weighted by Crippen LogP contribution is -2.75. The number of hydrogen-bond acceptors (Lipinski definition) is 6. The van der Waals surface area contributed by atoms with Gasteiger partial charge in [-0.3, -0.25) is 25.6 Å². The molecule has 15 heavy (non-hydrogen) atoms. The molecule has 0 aromatic rings. The Balaban J connectivity index is 2.80. The zero-order valence-electron chi connectivity index (χ0n) is 7.16. The Hall–Kier alpha value is -2.20. The average Bonchev–Trinajstić information content (AvgIpc) is 2.11. The first-order chi connectivity index (χ1) is 6.86. The molecule has 7 N–H and O–H groups in total. The number of hydrazine groups is 1. The number of urea groups is 2. The van der Waals surface area contributed by atoms with Gasteiger partial charge in [0.25, 0.3) is 17.5 Å². The lowest BCUT2D eigenvalue weighted by molar-refractivity contribution is -0.159. The molecular weight excluding hydrogens is 210 g/mol. The second-order valence-electron chi connectivity index (χ2n) is 2.56. The summed E-state index contributed by atoms with van der Waals surface area (Å²) in [5.41, 5.74) is 5.17. The van der Waals surface area contributed by atoms with Crippen molar-refractivity contribution in [3.63, 3.8) is 0 Å². The predicted molar refractivity (Wildman–Crippen MR) is 42.5 cm³/mol. The van der Waals surface area contributed by atoms with Gasteiger partial charge in [-0.25, -0.2) is 9.59 Å². The van der Waals surface area contributed by atoms with Gasteiger partial charge in [-0.1, -0.05) is 0 Å². The number of carbonyl (C=O) groups excluding carboxylic acids is 4. The van der Waals surface area contributed by atoms with Gasteiger partial charge in [-0.15, -0.1) is 0 Å². The summed E-state index contributed by atoms with van der Waals surface area (Å²) in [5, 5.41) is 12.6. The minimum Gasteiger partial charge on any atom is -0.359 e. The molecule has 1 aliphatic rings. The van der Waals surface area contributed by atoms with E-state index >= 15 is 0 Å². The van der Waals surface area contributed by atoms with Crippen LogP contribution in [-0.2, 0) is 9.59 Å². The zero-order valence-corrected chi connectivity index (χ0v) is 7.16. The van der Waals surface area contributed by atoms with Gasteiger partial charge in [-0.05, 0) is 0 Å². The largest absolute Gasteiger partial charge is 0.359 e. The van der Waals surface area contributed by atoms with Crippen LogP contribution in [0.5, 0.6) is 0 Å². The van der Waals surface area contributed by atoms with Crippen LogP contribution >= 0.6 is 0 Å². The second kappa shape index (κ2) is 3.51. The van der Waals surface area contributed by atoms with Crippen LogP contribution in [0, 0.1) is 0 Å². The predicted octanol–water partition coefficient (Wildman–Crippen LogP) is -3.79. The van der Waals surface area contributed by atoms with Gasteiger partial charge in [0.2, 0.25) is 0 Å². The standard InChI is InChI=1S/C5H7N5O5/c6-3(13)9-10-5(15)1(11)7-4(14)8-2(5)12/h10,15H,(H3,6,9,13)(H2,7,8,11,12,14). The number of hydrogen-bond donors (Lipinski definition) is 6. The van der Waals surface area contributed by atoms with Crippen LogP contribution in [0.1, 0.15) is 0 Å². The fourth-order valence-electron chi connectivity index (χ4n) is 0.787. The van der Waals surface area contributed by atoms with Gasteiger partial charge in [0, 0.05) is 0 Å². The van der Waals surface area contributed by atoms with E-state index in [0.717, 1.165) is 0 Å². The molecule has 1 aliphatic heterocycles. The van der Waals surface area contributed by atoms with Crippen molar-refractivity contribution >= 4 is 23.9 Å². The van der Waals surface area contributed by atoms with Crippen LogP contribution in [0.25, 0.3) is 0 Å². The number of amides is 6. The molecule has 1 heterocycles. The highest BCUT2D eigenvalue weighted by molar-refractivity contribution is 6.21. The molecule has 0 atom stereocenters. The van der Waals surface area contributed by atoms with Crippen molar-refractivity contribution in [3.05, 3.63) is 0 Å². The number of carbonyl (C=O) groups is 4. The molecule has 82 valence electrons. The molecule has 0 bridgehead atoms. The maximum Gasteiger partial charge on any atom is 0.328 e. The number of barbiturate groups is 1. The Bertz CT molecular complexity index is 332. The van der Waals surface area contributed by atoms with Crippen molar-refractivity contribution in [2.45, 2.75) is 5.72 Å². The molecule has 10 heteroatoms. The van der Waals surface area contributed by atoms with Gasteiger partial charge in [0.1, 0.15) is 0 Å². The van der Waals surface area contributed by atoms with E-state index in [1.54, 1.807) is 21.5 Å². The van der Waals surface area contributed by atoms with Crippen LogP contribution in [0.4, 0.5) is 9.59 Å². The van der Waals surface area contributed by atoms with E-state index in [4.69, 9.17) is 0 Å². The number of rotatable bonds is 2. The maximum absolute atomic E-state index is 11.1. The third kappa shape index (κ3) is 2.00. The maximum atomic E-state index is 11.1. The van der Waals surface area contributed by atoms with Gasteiger partial charge in [0.15, 0.2) is 0 Å². The molecule has 0 aliphatic carbocycles. The van der Waals surface area contributed by atoms with E-state index in [1.807, 2.05) is 0 Å². The molecule has 0 spiro atoms. The second-order valence-corrected chi connectivity index (χ2v) is 2.56. The summed E-state index contributed by atoms with van der Waals surface area (Å²) < 4.78 is 0. The summed E-state index contributed by atoms with van der Waals surface area (Å²) in [6.45, 7) is 0. The average molecular weight is 217 g/mol. The van der Waals surface area contributed by atoms with E-state index in [0.29, 0.717) is 0 Å². The minimum atomic E-state index is -2.77. The Morgan fingerprint density at radius 3 is 2.13 bits per heavy atom.